The lowest BCUT2D eigenvalue weighted by atomic mass is 9.67. The van der Waals surface area contributed by atoms with Crippen molar-refractivity contribution in [3.05, 3.63) is 36.0 Å². The summed E-state index contributed by atoms with van der Waals surface area (Å²) in [4.78, 5) is 15.5. The molecule has 3 nitrogen and oxygen atoms in total. The first-order valence-corrected chi connectivity index (χ1v) is 7.08. The first kappa shape index (κ1) is 12.3. The van der Waals surface area contributed by atoms with Crippen LogP contribution in [0.1, 0.15) is 43.0 Å². The number of carbonyl (C=O) groups excluding carboxylic acids is 1. The first-order valence-electron chi connectivity index (χ1n) is 7.08. The smallest absolute Gasteiger partial charge is 0.251 e. The van der Waals surface area contributed by atoms with Gasteiger partial charge in [-0.3, -0.25) is 4.79 Å². The molecule has 0 bridgehead atoms. The lowest BCUT2D eigenvalue weighted by molar-refractivity contribution is 0.0851. The van der Waals surface area contributed by atoms with Crippen LogP contribution in [0.3, 0.4) is 0 Å². The van der Waals surface area contributed by atoms with Gasteiger partial charge in [0.25, 0.3) is 5.91 Å². The van der Waals surface area contributed by atoms with E-state index in [1.54, 1.807) is 0 Å². The van der Waals surface area contributed by atoms with Crippen LogP contribution in [-0.2, 0) is 0 Å². The van der Waals surface area contributed by atoms with Gasteiger partial charge in [0.1, 0.15) is 0 Å². The summed E-state index contributed by atoms with van der Waals surface area (Å²) >= 11 is 0. The molecule has 1 heterocycles. The highest BCUT2D eigenvalue weighted by Crippen LogP contribution is 2.43. The van der Waals surface area contributed by atoms with Gasteiger partial charge in [-0.1, -0.05) is 19.4 Å². The maximum absolute atomic E-state index is 12.3. The van der Waals surface area contributed by atoms with Gasteiger partial charge in [-0.05, 0) is 42.9 Å². The number of fused-ring (bicyclic) bond motifs is 1. The summed E-state index contributed by atoms with van der Waals surface area (Å²) in [5, 5.41) is 4.12. The molecule has 1 aliphatic carbocycles. The molecule has 0 radical (unpaired) electrons. The van der Waals surface area contributed by atoms with Crippen molar-refractivity contribution < 1.29 is 4.79 Å². The van der Waals surface area contributed by atoms with E-state index in [0.29, 0.717) is 5.41 Å². The Morgan fingerprint density at radius 3 is 2.89 bits per heavy atom. The number of hydrogen-bond donors (Lipinski definition) is 2. The van der Waals surface area contributed by atoms with Crippen LogP contribution in [-0.4, -0.2) is 17.4 Å². The van der Waals surface area contributed by atoms with E-state index in [1.165, 1.54) is 19.3 Å². The Kier molecular flexibility index (Phi) is 3.05. The first-order chi connectivity index (χ1) is 9.24. The summed E-state index contributed by atoms with van der Waals surface area (Å²) in [5.41, 5.74) is 2.15. The highest BCUT2D eigenvalue weighted by Gasteiger charge is 2.35. The fourth-order valence-electron chi connectivity index (χ4n) is 2.98. The summed E-state index contributed by atoms with van der Waals surface area (Å²) < 4.78 is 0. The number of aromatic nitrogens is 1. The normalized spacial score (nSPS) is 17.1. The molecule has 0 saturated heterocycles. The minimum absolute atomic E-state index is 0.0462. The van der Waals surface area contributed by atoms with Crippen molar-refractivity contribution in [2.75, 3.05) is 6.54 Å². The Hall–Kier alpha value is -1.77. The Morgan fingerprint density at radius 2 is 2.21 bits per heavy atom. The molecule has 3 heteroatoms. The predicted molar refractivity (Wildman–Crippen MR) is 77.2 cm³/mol. The molecule has 1 fully saturated rings. The molecule has 2 N–H and O–H groups in total. The monoisotopic (exact) mass is 256 g/mol. The van der Waals surface area contributed by atoms with Crippen LogP contribution in [0.5, 0.6) is 0 Å². The largest absolute Gasteiger partial charge is 0.361 e. The molecule has 0 atom stereocenters. The third-order valence-corrected chi connectivity index (χ3v) is 4.63. The Labute approximate surface area is 113 Å². The average Bonchev–Trinajstić information content (AvgIpc) is 2.85. The summed E-state index contributed by atoms with van der Waals surface area (Å²) in [6.07, 6.45) is 6.83. The number of hydrogen-bond acceptors (Lipinski definition) is 1. The van der Waals surface area contributed by atoms with E-state index in [2.05, 4.69) is 17.2 Å². The third kappa shape index (κ3) is 2.14. The summed E-state index contributed by atoms with van der Waals surface area (Å²) in [6, 6.07) is 7.77. The maximum Gasteiger partial charge on any atom is 0.251 e. The minimum atomic E-state index is 0.0462. The molecule has 0 spiro atoms. The molecular formula is C16H20N2O. The Morgan fingerprint density at radius 1 is 1.37 bits per heavy atom. The van der Waals surface area contributed by atoms with E-state index < -0.39 is 0 Å². The molecule has 100 valence electrons. The second-order valence-corrected chi connectivity index (χ2v) is 5.63. The van der Waals surface area contributed by atoms with Gasteiger partial charge in [-0.2, -0.15) is 0 Å². The molecule has 1 aromatic heterocycles. The van der Waals surface area contributed by atoms with Gasteiger partial charge >= 0.3 is 0 Å². The standard InChI is InChI=1S/C16H20N2O/c1-2-16(8-4-9-16)11-18-15(19)13-5-3-6-14-12(13)7-10-17-14/h3,5-7,10,17H,2,4,8-9,11H2,1H3,(H,18,19). The van der Waals surface area contributed by atoms with Crippen LogP contribution in [0.25, 0.3) is 10.9 Å². The van der Waals surface area contributed by atoms with Crippen molar-refractivity contribution in [1.29, 1.82) is 0 Å². The SMILES string of the molecule is CCC1(CNC(=O)c2cccc3[nH]ccc23)CCC1. The molecule has 1 aromatic carbocycles. The lowest BCUT2D eigenvalue weighted by Crippen LogP contribution is -2.41. The van der Waals surface area contributed by atoms with Crippen LogP contribution < -0.4 is 5.32 Å². The van der Waals surface area contributed by atoms with Gasteiger partial charge in [-0.25, -0.2) is 0 Å². The van der Waals surface area contributed by atoms with Crippen molar-refractivity contribution in [1.82, 2.24) is 10.3 Å². The zero-order valence-corrected chi connectivity index (χ0v) is 11.3. The molecule has 1 saturated carbocycles. The van der Waals surface area contributed by atoms with Crippen molar-refractivity contribution in [3.63, 3.8) is 0 Å². The van der Waals surface area contributed by atoms with Crippen molar-refractivity contribution >= 4 is 16.8 Å². The van der Waals surface area contributed by atoms with Crippen molar-refractivity contribution in [3.8, 4) is 0 Å². The zero-order chi connectivity index (χ0) is 13.3. The second-order valence-electron chi connectivity index (χ2n) is 5.63. The zero-order valence-electron chi connectivity index (χ0n) is 11.3. The maximum atomic E-state index is 12.3. The van der Waals surface area contributed by atoms with Crippen LogP contribution in [0, 0.1) is 5.41 Å². The van der Waals surface area contributed by atoms with E-state index in [1.807, 2.05) is 30.5 Å². The van der Waals surface area contributed by atoms with Crippen LogP contribution in [0.4, 0.5) is 0 Å². The molecule has 0 aliphatic heterocycles. The molecular weight excluding hydrogens is 236 g/mol. The Balaban J connectivity index is 1.75. The third-order valence-electron chi connectivity index (χ3n) is 4.63. The van der Waals surface area contributed by atoms with E-state index in [0.717, 1.165) is 29.4 Å². The molecule has 1 amide bonds. The van der Waals surface area contributed by atoms with Gasteiger partial charge in [-0.15, -0.1) is 0 Å². The van der Waals surface area contributed by atoms with Crippen molar-refractivity contribution in [2.45, 2.75) is 32.6 Å². The molecule has 3 rings (SSSR count). The number of nitrogens with one attached hydrogen (secondary N) is 2. The molecule has 2 aromatic rings. The highest BCUT2D eigenvalue weighted by atomic mass is 16.1. The Bertz CT molecular complexity index is 590. The number of amides is 1. The lowest BCUT2D eigenvalue weighted by Gasteiger charge is -2.41. The van der Waals surface area contributed by atoms with E-state index in [-0.39, 0.29) is 5.91 Å². The van der Waals surface area contributed by atoms with Crippen LogP contribution in [0.2, 0.25) is 0 Å². The fraction of sp³-hybridized carbons (Fsp3) is 0.438. The number of aromatic amines is 1. The number of benzene rings is 1. The predicted octanol–water partition coefficient (Wildman–Crippen LogP) is 3.48. The summed E-state index contributed by atoms with van der Waals surface area (Å²) in [5.74, 6) is 0.0462. The topological polar surface area (TPSA) is 44.9 Å². The van der Waals surface area contributed by atoms with Gasteiger partial charge in [0, 0.05) is 29.2 Å². The number of carbonyl (C=O) groups is 1. The van der Waals surface area contributed by atoms with Crippen molar-refractivity contribution in [2.24, 2.45) is 5.41 Å². The van der Waals surface area contributed by atoms with Crippen LogP contribution >= 0.6 is 0 Å². The molecule has 19 heavy (non-hydrogen) atoms. The van der Waals surface area contributed by atoms with E-state index in [9.17, 15) is 4.79 Å². The summed E-state index contributed by atoms with van der Waals surface area (Å²) in [6.45, 7) is 3.03. The average molecular weight is 256 g/mol. The minimum Gasteiger partial charge on any atom is -0.361 e. The van der Waals surface area contributed by atoms with E-state index in [4.69, 9.17) is 0 Å². The van der Waals surface area contributed by atoms with Gasteiger partial charge < -0.3 is 10.3 Å². The van der Waals surface area contributed by atoms with Gasteiger partial charge in [0.2, 0.25) is 0 Å². The highest BCUT2D eigenvalue weighted by molar-refractivity contribution is 6.06. The second kappa shape index (κ2) is 4.72. The molecule has 0 unspecified atom stereocenters. The van der Waals surface area contributed by atoms with Crippen LogP contribution in [0.15, 0.2) is 30.5 Å². The number of rotatable bonds is 4. The van der Waals surface area contributed by atoms with E-state index >= 15 is 0 Å². The summed E-state index contributed by atoms with van der Waals surface area (Å²) in [7, 11) is 0. The molecule has 1 aliphatic rings. The number of H-pyrrole nitrogens is 1. The van der Waals surface area contributed by atoms with Gasteiger partial charge in [0.15, 0.2) is 0 Å². The fourth-order valence-corrected chi connectivity index (χ4v) is 2.98. The van der Waals surface area contributed by atoms with Gasteiger partial charge in [0.05, 0.1) is 0 Å². The quantitative estimate of drug-likeness (QED) is 0.864.